The Morgan fingerprint density at radius 1 is 1.55 bits per heavy atom. The van der Waals surface area contributed by atoms with Gasteiger partial charge in [0.1, 0.15) is 6.61 Å². The van der Waals surface area contributed by atoms with Gasteiger partial charge in [0.25, 0.3) is 0 Å². The van der Waals surface area contributed by atoms with Crippen LogP contribution in [0.1, 0.15) is 0 Å². The van der Waals surface area contributed by atoms with E-state index in [4.69, 9.17) is 5.73 Å². The Hall–Kier alpha value is -0.870. The highest BCUT2D eigenvalue weighted by Gasteiger charge is 1.93. The Morgan fingerprint density at radius 2 is 2.27 bits per heavy atom. The largest absolute Gasteiger partial charge is 0.460 e. The van der Waals surface area contributed by atoms with E-state index in [0.29, 0.717) is 13.2 Å². The van der Waals surface area contributed by atoms with Gasteiger partial charge >= 0.3 is 5.97 Å². The Kier molecular flexibility index (Phi) is 6.67. The van der Waals surface area contributed by atoms with Crippen LogP contribution in [0.4, 0.5) is 0 Å². The smallest absolute Gasteiger partial charge is 0.330 e. The van der Waals surface area contributed by atoms with Crippen molar-refractivity contribution in [2.24, 2.45) is 5.73 Å². The lowest BCUT2D eigenvalue weighted by Gasteiger charge is -1.98. The zero-order chi connectivity index (χ0) is 8.53. The van der Waals surface area contributed by atoms with Crippen LogP contribution in [0.2, 0.25) is 0 Å². The summed E-state index contributed by atoms with van der Waals surface area (Å²) in [7, 11) is 1.55. The van der Waals surface area contributed by atoms with Crippen molar-refractivity contribution in [3.63, 3.8) is 0 Å². The van der Waals surface area contributed by atoms with Crippen LogP contribution in [0, 0.1) is 0 Å². The summed E-state index contributed by atoms with van der Waals surface area (Å²) in [5, 5.41) is 0. The second kappa shape index (κ2) is 7.24. The van der Waals surface area contributed by atoms with Gasteiger partial charge in [0.2, 0.25) is 0 Å². The Morgan fingerprint density at radius 3 is 2.82 bits per heavy atom. The van der Waals surface area contributed by atoms with Crippen molar-refractivity contribution in [1.29, 1.82) is 0 Å². The number of esters is 1. The average Bonchev–Trinajstić information content (AvgIpc) is 2.01. The van der Waals surface area contributed by atoms with E-state index in [9.17, 15) is 4.79 Å². The van der Waals surface area contributed by atoms with Gasteiger partial charge in [-0.1, -0.05) is 6.08 Å². The van der Waals surface area contributed by atoms with Crippen molar-refractivity contribution in [3.8, 4) is 0 Å². The first-order chi connectivity index (χ1) is 5.31. The molecule has 0 heterocycles. The maximum absolute atomic E-state index is 10.7. The minimum absolute atomic E-state index is 0.282. The van der Waals surface area contributed by atoms with Crippen molar-refractivity contribution in [1.82, 2.24) is 0 Å². The predicted octanol–water partition coefficient (Wildman–Crippen LogP) is -0.309. The van der Waals surface area contributed by atoms with Crippen molar-refractivity contribution >= 4 is 5.97 Å². The predicted molar refractivity (Wildman–Crippen MR) is 41.0 cm³/mol. The molecular weight excluding hydrogens is 146 g/mol. The lowest BCUT2D eigenvalue weighted by Crippen LogP contribution is -2.07. The molecule has 0 amide bonds. The summed E-state index contributed by atoms with van der Waals surface area (Å²) in [6.45, 7) is 1.05. The summed E-state index contributed by atoms with van der Waals surface area (Å²) < 4.78 is 9.35. The molecule has 0 atom stereocenters. The zero-order valence-corrected chi connectivity index (χ0v) is 6.58. The van der Waals surface area contributed by atoms with Crippen LogP contribution in [0.5, 0.6) is 0 Å². The van der Waals surface area contributed by atoms with E-state index in [2.05, 4.69) is 9.47 Å². The zero-order valence-electron chi connectivity index (χ0n) is 6.58. The van der Waals surface area contributed by atoms with Crippen molar-refractivity contribution < 1.29 is 14.3 Å². The Balaban J connectivity index is 3.30. The van der Waals surface area contributed by atoms with Crippen molar-refractivity contribution in [3.05, 3.63) is 12.2 Å². The molecule has 0 unspecified atom stereocenters. The van der Waals surface area contributed by atoms with Crippen molar-refractivity contribution in [2.45, 2.75) is 0 Å². The molecule has 0 radical (unpaired) electrons. The third-order valence-corrected chi connectivity index (χ3v) is 0.922. The highest BCUT2D eigenvalue weighted by Crippen LogP contribution is 1.80. The average molecular weight is 159 g/mol. The second-order valence-corrected chi connectivity index (χ2v) is 1.80. The molecule has 0 aliphatic heterocycles. The molecule has 4 heteroatoms. The molecule has 0 aromatic rings. The molecule has 0 aliphatic carbocycles. The molecule has 0 saturated carbocycles. The molecule has 11 heavy (non-hydrogen) atoms. The normalized spacial score (nSPS) is 10.4. The fourth-order valence-corrected chi connectivity index (χ4v) is 0.438. The van der Waals surface area contributed by atoms with Gasteiger partial charge in [0.15, 0.2) is 0 Å². The summed E-state index contributed by atoms with van der Waals surface area (Å²) in [6.07, 6.45) is 2.84. The van der Waals surface area contributed by atoms with Crippen LogP contribution in [-0.4, -0.2) is 32.8 Å². The summed E-state index contributed by atoms with van der Waals surface area (Å²) in [6, 6.07) is 0. The van der Waals surface area contributed by atoms with E-state index in [0.717, 1.165) is 0 Å². The van der Waals surface area contributed by atoms with Crippen LogP contribution in [0.3, 0.4) is 0 Å². The van der Waals surface area contributed by atoms with Gasteiger partial charge in [0.05, 0.1) is 6.61 Å². The SMILES string of the molecule is COCCOC(=O)/C=C\CN. The molecule has 0 aromatic heterocycles. The van der Waals surface area contributed by atoms with E-state index in [1.54, 1.807) is 7.11 Å². The summed E-state index contributed by atoms with van der Waals surface area (Å²) in [5.74, 6) is -0.382. The topological polar surface area (TPSA) is 61.5 Å². The number of ether oxygens (including phenoxy) is 2. The minimum Gasteiger partial charge on any atom is -0.460 e. The van der Waals surface area contributed by atoms with E-state index in [1.165, 1.54) is 12.2 Å². The lowest BCUT2D eigenvalue weighted by molar-refractivity contribution is -0.138. The van der Waals surface area contributed by atoms with Gasteiger partial charge in [-0.2, -0.15) is 0 Å². The number of methoxy groups -OCH3 is 1. The number of hydrogen-bond acceptors (Lipinski definition) is 4. The van der Waals surface area contributed by atoms with Crippen LogP contribution in [-0.2, 0) is 14.3 Å². The van der Waals surface area contributed by atoms with Gasteiger partial charge in [-0.25, -0.2) is 4.79 Å². The molecule has 0 spiro atoms. The van der Waals surface area contributed by atoms with Crippen LogP contribution in [0.25, 0.3) is 0 Å². The van der Waals surface area contributed by atoms with Gasteiger partial charge in [0, 0.05) is 19.7 Å². The summed E-state index contributed by atoms with van der Waals surface area (Å²) >= 11 is 0. The number of rotatable bonds is 5. The first-order valence-corrected chi connectivity index (χ1v) is 3.33. The van der Waals surface area contributed by atoms with Crippen LogP contribution >= 0.6 is 0 Å². The van der Waals surface area contributed by atoms with E-state index in [-0.39, 0.29) is 12.6 Å². The van der Waals surface area contributed by atoms with E-state index >= 15 is 0 Å². The third kappa shape index (κ3) is 7.02. The molecule has 0 bridgehead atoms. The Labute approximate surface area is 66.0 Å². The molecule has 0 aliphatic rings. The number of hydrogen-bond donors (Lipinski definition) is 1. The first-order valence-electron chi connectivity index (χ1n) is 3.33. The molecule has 4 nitrogen and oxygen atoms in total. The highest BCUT2D eigenvalue weighted by molar-refractivity contribution is 5.81. The molecule has 2 N–H and O–H groups in total. The molecule has 0 saturated heterocycles. The summed E-state index contributed by atoms with van der Waals surface area (Å²) in [5.41, 5.74) is 5.11. The molecular formula is C7H13NO3. The van der Waals surface area contributed by atoms with Gasteiger partial charge in [-0.15, -0.1) is 0 Å². The Bertz CT molecular complexity index is 134. The third-order valence-electron chi connectivity index (χ3n) is 0.922. The second-order valence-electron chi connectivity index (χ2n) is 1.80. The minimum atomic E-state index is -0.382. The van der Waals surface area contributed by atoms with E-state index in [1.807, 2.05) is 0 Å². The van der Waals surface area contributed by atoms with Crippen LogP contribution in [0.15, 0.2) is 12.2 Å². The van der Waals surface area contributed by atoms with Crippen LogP contribution < -0.4 is 5.73 Å². The van der Waals surface area contributed by atoms with Gasteiger partial charge in [-0.05, 0) is 0 Å². The summed E-state index contributed by atoms with van der Waals surface area (Å²) in [4.78, 5) is 10.7. The maximum atomic E-state index is 10.7. The lowest BCUT2D eigenvalue weighted by atomic mass is 10.5. The molecule has 0 rings (SSSR count). The molecule has 0 fully saturated rings. The van der Waals surface area contributed by atoms with Crippen molar-refractivity contribution in [2.75, 3.05) is 26.9 Å². The number of carbonyl (C=O) groups is 1. The quantitative estimate of drug-likeness (QED) is 0.339. The maximum Gasteiger partial charge on any atom is 0.330 e. The molecule has 64 valence electrons. The van der Waals surface area contributed by atoms with E-state index < -0.39 is 0 Å². The monoisotopic (exact) mass is 159 g/mol. The number of nitrogens with two attached hydrogens (primary N) is 1. The number of carbonyl (C=O) groups excluding carboxylic acids is 1. The fraction of sp³-hybridized carbons (Fsp3) is 0.571. The fourth-order valence-electron chi connectivity index (χ4n) is 0.438. The molecule has 0 aromatic carbocycles. The first kappa shape index (κ1) is 10.1. The highest BCUT2D eigenvalue weighted by atomic mass is 16.6. The van der Waals surface area contributed by atoms with Gasteiger partial charge < -0.3 is 15.2 Å². The van der Waals surface area contributed by atoms with Gasteiger partial charge in [-0.3, -0.25) is 0 Å². The standard InChI is InChI=1S/C7H13NO3/c1-10-5-6-11-7(9)3-2-4-8/h2-3H,4-6,8H2,1H3/b3-2-.